The molecular formula is C14H11NO2. The zero-order valence-electron chi connectivity index (χ0n) is 9.08. The molecule has 0 bridgehead atoms. The number of hydrogen-bond acceptors (Lipinski definition) is 3. The number of oxazole rings is 1. The van der Waals surface area contributed by atoms with Gasteiger partial charge in [-0.05, 0) is 23.3 Å². The maximum Gasteiger partial charge on any atom is 0.181 e. The van der Waals surface area contributed by atoms with Crippen LogP contribution in [0.3, 0.4) is 0 Å². The average molecular weight is 225 g/mol. The van der Waals surface area contributed by atoms with E-state index in [1.165, 1.54) is 6.39 Å². The molecule has 0 aliphatic carbocycles. The van der Waals surface area contributed by atoms with E-state index in [-0.39, 0.29) is 0 Å². The number of rotatable bonds is 2. The van der Waals surface area contributed by atoms with E-state index in [9.17, 15) is 5.11 Å². The van der Waals surface area contributed by atoms with Gasteiger partial charge in [0, 0.05) is 0 Å². The second-order valence-electron chi connectivity index (χ2n) is 3.89. The van der Waals surface area contributed by atoms with Crippen LogP contribution in [0, 0.1) is 0 Å². The molecule has 0 saturated carbocycles. The molecule has 84 valence electrons. The molecule has 1 N–H and O–H groups in total. The molecule has 0 amide bonds. The molecule has 17 heavy (non-hydrogen) atoms. The Morgan fingerprint density at radius 1 is 1.00 bits per heavy atom. The summed E-state index contributed by atoms with van der Waals surface area (Å²) in [5.41, 5.74) is 3.18. The highest BCUT2D eigenvalue weighted by Gasteiger charge is 2.11. The predicted molar refractivity (Wildman–Crippen MR) is 64.5 cm³/mol. The second-order valence-corrected chi connectivity index (χ2v) is 3.89. The van der Waals surface area contributed by atoms with Crippen LogP contribution >= 0.6 is 0 Å². The van der Waals surface area contributed by atoms with Crippen LogP contribution in [0.25, 0.3) is 11.1 Å². The van der Waals surface area contributed by atoms with Gasteiger partial charge in [-0.15, -0.1) is 0 Å². The maximum absolute atomic E-state index is 10.2. The number of fused-ring (bicyclic) bond motifs is 1. The Kier molecular flexibility index (Phi) is 2.38. The quantitative estimate of drug-likeness (QED) is 0.729. The molecule has 1 heterocycles. The monoisotopic (exact) mass is 225 g/mol. The lowest BCUT2D eigenvalue weighted by Crippen LogP contribution is -1.98. The lowest BCUT2D eigenvalue weighted by Gasteiger charge is -2.10. The van der Waals surface area contributed by atoms with Gasteiger partial charge in [0.15, 0.2) is 12.0 Å². The summed E-state index contributed by atoms with van der Waals surface area (Å²) in [5.74, 6) is 0. The van der Waals surface area contributed by atoms with Crippen LogP contribution in [-0.2, 0) is 0 Å². The summed E-state index contributed by atoms with van der Waals surface area (Å²) in [4.78, 5) is 4.08. The topological polar surface area (TPSA) is 46.3 Å². The molecule has 3 heteroatoms. The van der Waals surface area contributed by atoms with Gasteiger partial charge >= 0.3 is 0 Å². The van der Waals surface area contributed by atoms with E-state index in [0.29, 0.717) is 0 Å². The third-order valence-electron chi connectivity index (χ3n) is 2.79. The van der Waals surface area contributed by atoms with E-state index < -0.39 is 6.10 Å². The fourth-order valence-corrected chi connectivity index (χ4v) is 1.87. The van der Waals surface area contributed by atoms with Crippen molar-refractivity contribution in [2.45, 2.75) is 6.10 Å². The van der Waals surface area contributed by atoms with E-state index in [0.717, 1.165) is 22.2 Å². The third kappa shape index (κ3) is 1.81. The molecule has 1 aromatic heterocycles. The Labute approximate surface area is 98.3 Å². The van der Waals surface area contributed by atoms with Gasteiger partial charge in [0.05, 0.1) is 0 Å². The van der Waals surface area contributed by atoms with Crippen LogP contribution in [0.1, 0.15) is 17.2 Å². The minimum atomic E-state index is -0.628. The summed E-state index contributed by atoms with van der Waals surface area (Å²) >= 11 is 0. The fourth-order valence-electron chi connectivity index (χ4n) is 1.87. The SMILES string of the molecule is OC(c1ccccc1)c1ccc2ocnc2c1. The number of benzene rings is 2. The van der Waals surface area contributed by atoms with Crippen LogP contribution in [0.4, 0.5) is 0 Å². The molecule has 2 aromatic carbocycles. The van der Waals surface area contributed by atoms with E-state index in [1.54, 1.807) is 0 Å². The number of aliphatic hydroxyl groups excluding tert-OH is 1. The third-order valence-corrected chi connectivity index (χ3v) is 2.79. The summed E-state index contributed by atoms with van der Waals surface area (Å²) < 4.78 is 5.17. The first-order chi connectivity index (χ1) is 8.34. The summed E-state index contributed by atoms with van der Waals surface area (Å²) in [5, 5.41) is 10.2. The first kappa shape index (κ1) is 10.1. The molecule has 0 radical (unpaired) electrons. The highest BCUT2D eigenvalue weighted by Crippen LogP contribution is 2.24. The van der Waals surface area contributed by atoms with E-state index in [4.69, 9.17) is 4.42 Å². The van der Waals surface area contributed by atoms with Crippen molar-refractivity contribution in [2.24, 2.45) is 0 Å². The molecule has 1 atom stereocenters. The van der Waals surface area contributed by atoms with Crippen LogP contribution in [0.15, 0.2) is 59.3 Å². The smallest absolute Gasteiger partial charge is 0.181 e. The Morgan fingerprint density at radius 2 is 1.82 bits per heavy atom. The zero-order chi connectivity index (χ0) is 11.7. The molecule has 3 aromatic rings. The number of nitrogens with zero attached hydrogens (tertiary/aromatic N) is 1. The van der Waals surface area contributed by atoms with Crippen molar-refractivity contribution in [3.05, 3.63) is 66.1 Å². The summed E-state index contributed by atoms with van der Waals surface area (Å²) in [6.07, 6.45) is 0.779. The molecule has 0 aliphatic rings. The van der Waals surface area contributed by atoms with Gasteiger partial charge in [0.1, 0.15) is 11.6 Å². The van der Waals surface area contributed by atoms with Crippen molar-refractivity contribution in [1.82, 2.24) is 4.98 Å². The minimum absolute atomic E-state index is 0.628. The number of aromatic nitrogens is 1. The van der Waals surface area contributed by atoms with E-state index in [1.807, 2.05) is 48.5 Å². The van der Waals surface area contributed by atoms with Gasteiger partial charge in [-0.2, -0.15) is 0 Å². The fraction of sp³-hybridized carbons (Fsp3) is 0.0714. The molecule has 0 spiro atoms. The number of hydrogen-bond donors (Lipinski definition) is 1. The average Bonchev–Trinajstić information content (AvgIpc) is 2.86. The molecule has 0 aliphatic heterocycles. The highest BCUT2D eigenvalue weighted by atomic mass is 16.3. The minimum Gasteiger partial charge on any atom is -0.443 e. The molecule has 3 nitrogen and oxygen atoms in total. The van der Waals surface area contributed by atoms with E-state index in [2.05, 4.69) is 4.98 Å². The molecule has 0 fully saturated rings. The summed E-state index contributed by atoms with van der Waals surface area (Å²) in [7, 11) is 0. The van der Waals surface area contributed by atoms with Crippen molar-refractivity contribution in [2.75, 3.05) is 0 Å². The Balaban J connectivity index is 2.03. The van der Waals surface area contributed by atoms with Crippen molar-refractivity contribution in [1.29, 1.82) is 0 Å². The van der Waals surface area contributed by atoms with Gasteiger partial charge < -0.3 is 9.52 Å². The lowest BCUT2D eigenvalue weighted by molar-refractivity contribution is 0.220. The first-order valence-electron chi connectivity index (χ1n) is 5.41. The van der Waals surface area contributed by atoms with E-state index >= 15 is 0 Å². The van der Waals surface area contributed by atoms with Crippen molar-refractivity contribution < 1.29 is 9.52 Å². The zero-order valence-corrected chi connectivity index (χ0v) is 9.08. The van der Waals surface area contributed by atoms with Gasteiger partial charge in [-0.25, -0.2) is 4.98 Å². The maximum atomic E-state index is 10.2. The lowest BCUT2D eigenvalue weighted by atomic mass is 10.0. The summed E-state index contributed by atoms with van der Waals surface area (Å²) in [6, 6.07) is 15.1. The van der Waals surface area contributed by atoms with Crippen molar-refractivity contribution in [3.8, 4) is 0 Å². The molecular weight excluding hydrogens is 214 g/mol. The first-order valence-corrected chi connectivity index (χ1v) is 5.41. The van der Waals surface area contributed by atoms with Gasteiger partial charge in [-0.3, -0.25) is 0 Å². The number of aliphatic hydroxyl groups is 1. The Hall–Kier alpha value is -2.13. The molecule has 3 rings (SSSR count). The van der Waals surface area contributed by atoms with Crippen LogP contribution < -0.4 is 0 Å². The Morgan fingerprint density at radius 3 is 2.65 bits per heavy atom. The van der Waals surface area contributed by atoms with Crippen molar-refractivity contribution in [3.63, 3.8) is 0 Å². The predicted octanol–water partition coefficient (Wildman–Crippen LogP) is 2.91. The molecule has 1 unspecified atom stereocenters. The Bertz CT molecular complexity index is 631. The van der Waals surface area contributed by atoms with Crippen LogP contribution in [0.2, 0.25) is 0 Å². The van der Waals surface area contributed by atoms with Gasteiger partial charge in [0.2, 0.25) is 0 Å². The van der Waals surface area contributed by atoms with Crippen LogP contribution in [-0.4, -0.2) is 10.1 Å². The van der Waals surface area contributed by atoms with Crippen molar-refractivity contribution >= 4 is 11.1 Å². The standard InChI is InChI=1S/C14H11NO2/c16-14(10-4-2-1-3-5-10)11-6-7-13-12(8-11)15-9-17-13/h1-9,14,16H. The van der Waals surface area contributed by atoms with Gasteiger partial charge in [0.25, 0.3) is 0 Å². The second kappa shape index (κ2) is 4.03. The largest absolute Gasteiger partial charge is 0.443 e. The van der Waals surface area contributed by atoms with Crippen LogP contribution in [0.5, 0.6) is 0 Å². The van der Waals surface area contributed by atoms with Gasteiger partial charge in [-0.1, -0.05) is 36.4 Å². The molecule has 0 saturated heterocycles. The summed E-state index contributed by atoms with van der Waals surface area (Å²) in [6.45, 7) is 0. The normalized spacial score (nSPS) is 12.8. The highest BCUT2D eigenvalue weighted by molar-refractivity contribution is 5.73.